The summed E-state index contributed by atoms with van der Waals surface area (Å²) in [6.45, 7) is 6.73. The molecule has 0 radical (unpaired) electrons. The molecule has 1 unspecified atom stereocenters. The van der Waals surface area contributed by atoms with Crippen LogP contribution in [0.1, 0.15) is 90.5 Å². The van der Waals surface area contributed by atoms with Crippen LogP contribution < -0.4 is 0 Å². The molecule has 1 aromatic carbocycles. The SMILES string of the molecule is CCCCCCCCC(CCCCc1ccc(F)cc1)C(C)(C)OC. The standard InChI is InChI=1S/C23H39FO/c1-5-6-7-8-9-10-14-21(23(2,3)25-4)15-12-11-13-20-16-18-22(24)19-17-20/h16-19,21H,5-15H2,1-4H3. The zero-order valence-electron chi connectivity index (χ0n) is 17.0. The van der Waals surface area contributed by atoms with Gasteiger partial charge in [0.2, 0.25) is 0 Å². The van der Waals surface area contributed by atoms with Gasteiger partial charge < -0.3 is 4.74 Å². The lowest BCUT2D eigenvalue weighted by Crippen LogP contribution is -2.33. The average molecular weight is 351 g/mol. The minimum absolute atomic E-state index is 0.0424. The summed E-state index contributed by atoms with van der Waals surface area (Å²) >= 11 is 0. The van der Waals surface area contributed by atoms with Crippen molar-refractivity contribution in [2.45, 2.75) is 97.0 Å². The summed E-state index contributed by atoms with van der Waals surface area (Å²) in [6, 6.07) is 6.93. The Kier molecular flexibility index (Phi) is 11.0. The van der Waals surface area contributed by atoms with E-state index in [0.29, 0.717) is 5.92 Å². The monoisotopic (exact) mass is 350 g/mol. The fraction of sp³-hybridized carbons (Fsp3) is 0.739. The van der Waals surface area contributed by atoms with E-state index in [1.165, 1.54) is 69.8 Å². The Hall–Kier alpha value is -0.890. The first-order valence-electron chi connectivity index (χ1n) is 10.3. The van der Waals surface area contributed by atoms with Crippen LogP contribution in [0.2, 0.25) is 0 Å². The molecule has 0 aliphatic heterocycles. The lowest BCUT2D eigenvalue weighted by atomic mass is 9.82. The van der Waals surface area contributed by atoms with Gasteiger partial charge in [-0.2, -0.15) is 0 Å². The van der Waals surface area contributed by atoms with Gasteiger partial charge >= 0.3 is 0 Å². The predicted molar refractivity (Wildman–Crippen MR) is 107 cm³/mol. The fourth-order valence-corrected chi connectivity index (χ4v) is 3.55. The van der Waals surface area contributed by atoms with Crippen LogP contribution in [0, 0.1) is 11.7 Å². The molecule has 0 saturated carbocycles. The highest BCUT2D eigenvalue weighted by molar-refractivity contribution is 5.15. The first-order valence-corrected chi connectivity index (χ1v) is 10.3. The van der Waals surface area contributed by atoms with Crippen LogP contribution in [0.15, 0.2) is 24.3 Å². The molecular weight excluding hydrogens is 311 g/mol. The third-order valence-corrected chi connectivity index (χ3v) is 5.60. The van der Waals surface area contributed by atoms with E-state index in [2.05, 4.69) is 20.8 Å². The molecule has 0 saturated heterocycles. The zero-order chi connectivity index (χ0) is 18.5. The second-order valence-corrected chi connectivity index (χ2v) is 7.93. The van der Waals surface area contributed by atoms with Crippen molar-refractivity contribution in [1.82, 2.24) is 0 Å². The second-order valence-electron chi connectivity index (χ2n) is 7.93. The summed E-state index contributed by atoms with van der Waals surface area (Å²) in [7, 11) is 1.84. The Bertz CT molecular complexity index is 438. The predicted octanol–water partition coefficient (Wildman–Crippen LogP) is 7.33. The molecule has 0 aromatic heterocycles. The van der Waals surface area contributed by atoms with E-state index in [1.807, 2.05) is 19.2 Å². The van der Waals surface area contributed by atoms with Crippen molar-refractivity contribution >= 4 is 0 Å². The molecule has 0 amide bonds. The number of aryl methyl sites for hydroxylation is 1. The van der Waals surface area contributed by atoms with Crippen molar-refractivity contribution in [2.24, 2.45) is 5.92 Å². The highest BCUT2D eigenvalue weighted by atomic mass is 19.1. The van der Waals surface area contributed by atoms with E-state index >= 15 is 0 Å². The van der Waals surface area contributed by atoms with Crippen molar-refractivity contribution < 1.29 is 9.13 Å². The molecule has 0 N–H and O–H groups in total. The number of benzene rings is 1. The minimum atomic E-state index is -0.149. The van der Waals surface area contributed by atoms with Gasteiger partial charge in [-0.25, -0.2) is 4.39 Å². The van der Waals surface area contributed by atoms with Crippen LogP contribution in [0.3, 0.4) is 0 Å². The topological polar surface area (TPSA) is 9.23 Å². The van der Waals surface area contributed by atoms with E-state index in [9.17, 15) is 4.39 Å². The van der Waals surface area contributed by atoms with Gasteiger partial charge in [0, 0.05) is 7.11 Å². The number of ether oxygens (including phenoxy) is 1. The Balaban J connectivity index is 2.31. The maximum absolute atomic E-state index is 13.0. The van der Waals surface area contributed by atoms with E-state index in [0.717, 1.165) is 6.42 Å². The molecule has 0 aliphatic carbocycles. The molecule has 0 spiro atoms. The normalized spacial score (nSPS) is 13.2. The fourth-order valence-electron chi connectivity index (χ4n) is 3.55. The number of hydrogen-bond donors (Lipinski definition) is 0. The molecule has 144 valence electrons. The summed E-state index contributed by atoms with van der Waals surface area (Å²) in [5, 5.41) is 0. The number of methoxy groups -OCH3 is 1. The van der Waals surface area contributed by atoms with E-state index in [1.54, 1.807) is 12.1 Å². The van der Waals surface area contributed by atoms with Crippen LogP contribution in [-0.2, 0) is 11.2 Å². The van der Waals surface area contributed by atoms with Crippen LogP contribution in [0.4, 0.5) is 4.39 Å². The molecule has 0 aliphatic rings. The molecule has 0 fully saturated rings. The van der Waals surface area contributed by atoms with Gasteiger partial charge in [-0.1, -0.05) is 64.0 Å². The minimum Gasteiger partial charge on any atom is -0.379 e. The lowest BCUT2D eigenvalue weighted by molar-refractivity contribution is -0.0352. The molecule has 1 rings (SSSR count). The quantitative estimate of drug-likeness (QED) is 0.319. The molecule has 1 aromatic rings. The number of rotatable bonds is 14. The first-order chi connectivity index (χ1) is 12.0. The van der Waals surface area contributed by atoms with Crippen LogP contribution in [0.5, 0.6) is 0 Å². The number of halogens is 1. The van der Waals surface area contributed by atoms with Crippen LogP contribution >= 0.6 is 0 Å². The molecular formula is C23H39FO. The van der Waals surface area contributed by atoms with Crippen LogP contribution in [-0.4, -0.2) is 12.7 Å². The Morgan fingerprint density at radius 2 is 1.44 bits per heavy atom. The second kappa shape index (κ2) is 12.5. The Morgan fingerprint density at radius 3 is 2.04 bits per heavy atom. The van der Waals surface area contributed by atoms with Gasteiger partial charge in [-0.05, 0) is 63.1 Å². The van der Waals surface area contributed by atoms with E-state index in [-0.39, 0.29) is 11.4 Å². The largest absolute Gasteiger partial charge is 0.379 e. The third kappa shape index (κ3) is 9.39. The number of hydrogen-bond acceptors (Lipinski definition) is 1. The number of unbranched alkanes of at least 4 members (excludes halogenated alkanes) is 6. The molecule has 1 nitrogen and oxygen atoms in total. The maximum Gasteiger partial charge on any atom is 0.123 e. The van der Waals surface area contributed by atoms with E-state index in [4.69, 9.17) is 4.74 Å². The van der Waals surface area contributed by atoms with Crippen molar-refractivity contribution in [3.05, 3.63) is 35.6 Å². The first kappa shape index (κ1) is 22.2. The highest BCUT2D eigenvalue weighted by Gasteiger charge is 2.28. The smallest absolute Gasteiger partial charge is 0.123 e. The summed E-state index contributed by atoms with van der Waals surface area (Å²) in [6.07, 6.45) is 14.0. The van der Waals surface area contributed by atoms with Gasteiger partial charge in [-0.15, -0.1) is 0 Å². The Morgan fingerprint density at radius 1 is 0.880 bits per heavy atom. The summed E-state index contributed by atoms with van der Waals surface area (Å²) in [4.78, 5) is 0. The summed E-state index contributed by atoms with van der Waals surface area (Å²) in [5.74, 6) is 0.474. The molecule has 1 atom stereocenters. The van der Waals surface area contributed by atoms with Gasteiger partial charge in [0.15, 0.2) is 0 Å². The van der Waals surface area contributed by atoms with Crippen LogP contribution in [0.25, 0.3) is 0 Å². The Labute approximate surface area is 155 Å². The van der Waals surface area contributed by atoms with Crippen molar-refractivity contribution in [3.63, 3.8) is 0 Å². The summed E-state index contributed by atoms with van der Waals surface area (Å²) in [5.41, 5.74) is 1.19. The lowest BCUT2D eigenvalue weighted by Gasteiger charge is -2.33. The van der Waals surface area contributed by atoms with E-state index < -0.39 is 0 Å². The van der Waals surface area contributed by atoms with Gasteiger partial charge in [0.1, 0.15) is 5.82 Å². The zero-order valence-corrected chi connectivity index (χ0v) is 17.0. The van der Waals surface area contributed by atoms with Crippen molar-refractivity contribution in [3.8, 4) is 0 Å². The average Bonchev–Trinajstić information content (AvgIpc) is 2.61. The third-order valence-electron chi connectivity index (χ3n) is 5.60. The molecule has 2 heteroatoms. The van der Waals surface area contributed by atoms with Gasteiger partial charge in [-0.3, -0.25) is 0 Å². The maximum atomic E-state index is 13.0. The summed E-state index contributed by atoms with van der Waals surface area (Å²) < 4.78 is 18.7. The highest BCUT2D eigenvalue weighted by Crippen LogP contribution is 2.31. The van der Waals surface area contributed by atoms with Crippen molar-refractivity contribution in [2.75, 3.05) is 7.11 Å². The molecule has 25 heavy (non-hydrogen) atoms. The van der Waals surface area contributed by atoms with Gasteiger partial charge in [0.05, 0.1) is 5.60 Å². The van der Waals surface area contributed by atoms with Gasteiger partial charge in [0.25, 0.3) is 0 Å². The van der Waals surface area contributed by atoms with Crippen molar-refractivity contribution in [1.29, 1.82) is 0 Å². The molecule has 0 bridgehead atoms. The molecule has 0 heterocycles.